The highest BCUT2D eigenvalue weighted by molar-refractivity contribution is 6.06. The Labute approximate surface area is 180 Å². The van der Waals surface area contributed by atoms with Gasteiger partial charge in [0.2, 0.25) is 5.54 Å². The molecule has 2 N–H and O–H groups in total. The number of esters is 2. The lowest BCUT2D eigenvalue weighted by molar-refractivity contribution is -0.167. The van der Waals surface area contributed by atoms with Crippen molar-refractivity contribution in [3.8, 4) is 5.75 Å². The number of methoxy groups -OCH3 is 1. The third kappa shape index (κ3) is 3.55. The molecule has 0 saturated heterocycles. The van der Waals surface area contributed by atoms with Gasteiger partial charge in [0.25, 0.3) is 0 Å². The van der Waals surface area contributed by atoms with Crippen molar-refractivity contribution < 1.29 is 23.8 Å². The maximum Gasteiger partial charge on any atom is 0.338 e. The van der Waals surface area contributed by atoms with Crippen LogP contribution >= 0.6 is 0 Å². The van der Waals surface area contributed by atoms with Gasteiger partial charge in [-0.25, -0.2) is 9.59 Å². The Morgan fingerprint density at radius 2 is 1.71 bits per heavy atom. The number of aromatic nitrogens is 1. The molecule has 31 heavy (non-hydrogen) atoms. The predicted molar refractivity (Wildman–Crippen MR) is 116 cm³/mol. The molecule has 0 aliphatic carbocycles. The molecular weight excluding hydrogens is 396 g/mol. The van der Waals surface area contributed by atoms with E-state index in [4.69, 9.17) is 14.2 Å². The molecule has 2 heterocycles. The van der Waals surface area contributed by atoms with E-state index in [0.717, 1.165) is 27.7 Å². The molecule has 2 aromatic carbocycles. The maximum atomic E-state index is 13.2. The average Bonchev–Trinajstić information content (AvgIpc) is 3.16. The molecule has 0 fully saturated rings. The Kier molecular flexibility index (Phi) is 5.69. The molecule has 0 spiro atoms. The van der Waals surface area contributed by atoms with Gasteiger partial charge in [0.05, 0.1) is 26.4 Å². The number of nitrogens with one attached hydrogen (secondary N) is 2. The number of hydrogen-bond acceptors (Lipinski definition) is 6. The lowest BCUT2D eigenvalue weighted by Crippen LogP contribution is -2.64. The topological polar surface area (TPSA) is 89.7 Å². The number of rotatable bonds is 6. The highest BCUT2D eigenvalue weighted by atomic mass is 16.6. The number of carbonyl (C=O) groups excluding carboxylic acids is 2. The van der Waals surface area contributed by atoms with Crippen molar-refractivity contribution in [3.63, 3.8) is 0 Å². The van der Waals surface area contributed by atoms with Gasteiger partial charge in [0.15, 0.2) is 0 Å². The first-order valence-electron chi connectivity index (χ1n) is 10.4. The largest absolute Gasteiger partial charge is 0.497 e. The second-order valence-electron chi connectivity index (χ2n) is 7.44. The zero-order chi connectivity index (χ0) is 22.0. The van der Waals surface area contributed by atoms with E-state index in [2.05, 4.69) is 10.3 Å². The Bertz CT molecular complexity index is 1090. The van der Waals surface area contributed by atoms with Gasteiger partial charge in [-0.05, 0) is 43.2 Å². The van der Waals surface area contributed by atoms with Crippen molar-refractivity contribution >= 4 is 22.8 Å². The van der Waals surface area contributed by atoms with Crippen molar-refractivity contribution in [2.75, 3.05) is 20.3 Å². The summed E-state index contributed by atoms with van der Waals surface area (Å²) >= 11 is 0. The fraction of sp³-hybridized carbons (Fsp3) is 0.333. The van der Waals surface area contributed by atoms with Crippen molar-refractivity contribution in [1.29, 1.82) is 0 Å². The van der Waals surface area contributed by atoms with E-state index in [9.17, 15) is 9.59 Å². The molecule has 162 valence electrons. The van der Waals surface area contributed by atoms with Gasteiger partial charge in [-0.15, -0.1) is 0 Å². The SMILES string of the molecule is CCOC(=O)C1(C(=O)OCC)Cc2c([nH]c3ccc(OC)cc23)[C@@H](c2ccccc2)N1. The zero-order valence-corrected chi connectivity index (χ0v) is 17.9. The Morgan fingerprint density at radius 3 is 2.32 bits per heavy atom. The lowest BCUT2D eigenvalue weighted by atomic mass is 9.81. The van der Waals surface area contributed by atoms with Crippen LogP contribution in [0.4, 0.5) is 0 Å². The van der Waals surface area contributed by atoms with Gasteiger partial charge < -0.3 is 19.2 Å². The maximum absolute atomic E-state index is 13.2. The van der Waals surface area contributed by atoms with Crippen molar-refractivity contribution in [2.45, 2.75) is 31.8 Å². The molecule has 4 rings (SSSR count). The fourth-order valence-electron chi connectivity index (χ4n) is 4.20. The van der Waals surface area contributed by atoms with Crippen LogP contribution in [0, 0.1) is 0 Å². The monoisotopic (exact) mass is 422 g/mol. The summed E-state index contributed by atoms with van der Waals surface area (Å²) in [5, 5.41) is 4.18. The summed E-state index contributed by atoms with van der Waals surface area (Å²) in [4.78, 5) is 29.8. The zero-order valence-electron chi connectivity index (χ0n) is 17.9. The van der Waals surface area contributed by atoms with E-state index in [1.165, 1.54) is 0 Å². The molecule has 1 aliphatic rings. The van der Waals surface area contributed by atoms with Crippen LogP contribution in [0.2, 0.25) is 0 Å². The van der Waals surface area contributed by atoms with Crippen LogP contribution in [-0.2, 0) is 25.5 Å². The summed E-state index contributed by atoms with van der Waals surface area (Å²) in [5.41, 5.74) is 1.93. The molecular formula is C24H26N2O5. The van der Waals surface area contributed by atoms with Gasteiger partial charge >= 0.3 is 11.9 Å². The summed E-state index contributed by atoms with van der Waals surface area (Å²) in [6.45, 7) is 3.75. The third-order valence-electron chi connectivity index (χ3n) is 5.65. The van der Waals surface area contributed by atoms with E-state index < -0.39 is 23.5 Å². The van der Waals surface area contributed by atoms with Crippen molar-refractivity contribution in [2.24, 2.45) is 0 Å². The average molecular weight is 422 g/mol. The fourth-order valence-corrected chi connectivity index (χ4v) is 4.20. The Morgan fingerprint density at radius 1 is 1.03 bits per heavy atom. The van der Waals surface area contributed by atoms with E-state index in [1.807, 2.05) is 48.5 Å². The molecule has 0 unspecified atom stereocenters. The number of H-pyrrole nitrogens is 1. The van der Waals surface area contributed by atoms with Gasteiger partial charge in [0, 0.05) is 23.0 Å². The smallest absolute Gasteiger partial charge is 0.338 e. The minimum atomic E-state index is -1.66. The summed E-state index contributed by atoms with van der Waals surface area (Å²) in [6.07, 6.45) is 0.108. The van der Waals surface area contributed by atoms with Crippen LogP contribution in [0.15, 0.2) is 48.5 Å². The normalized spacial score (nSPS) is 17.1. The van der Waals surface area contributed by atoms with Crippen LogP contribution in [-0.4, -0.2) is 42.8 Å². The van der Waals surface area contributed by atoms with Gasteiger partial charge in [-0.1, -0.05) is 30.3 Å². The second-order valence-corrected chi connectivity index (χ2v) is 7.44. The number of aromatic amines is 1. The van der Waals surface area contributed by atoms with Crippen molar-refractivity contribution in [1.82, 2.24) is 10.3 Å². The molecule has 0 saturated carbocycles. The molecule has 7 heteroatoms. The van der Waals surface area contributed by atoms with Crippen LogP contribution < -0.4 is 10.1 Å². The third-order valence-corrected chi connectivity index (χ3v) is 5.65. The summed E-state index contributed by atoms with van der Waals surface area (Å²) in [5.74, 6) is -0.587. The first kappa shape index (κ1) is 20.9. The van der Waals surface area contributed by atoms with E-state index >= 15 is 0 Å². The highest BCUT2D eigenvalue weighted by Crippen LogP contribution is 2.40. The predicted octanol–water partition coefficient (Wildman–Crippen LogP) is 3.28. The van der Waals surface area contributed by atoms with E-state index in [-0.39, 0.29) is 19.6 Å². The second kappa shape index (κ2) is 8.43. The standard InChI is InChI=1S/C24H26N2O5/c1-4-30-22(27)24(23(28)31-5-2)14-18-17-13-16(29-3)11-12-19(17)25-21(18)20(26-24)15-9-7-6-8-10-15/h6-13,20,25-26H,4-5,14H2,1-3H3/t20-/m1/s1. The number of carbonyl (C=O) groups is 2. The van der Waals surface area contributed by atoms with Crippen LogP contribution in [0.5, 0.6) is 5.75 Å². The Balaban J connectivity index is 1.95. The molecule has 1 aromatic heterocycles. The first-order chi connectivity index (χ1) is 15.0. The van der Waals surface area contributed by atoms with E-state index in [1.54, 1.807) is 21.0 Å². The molecule has 1 aliphatic heterocycles. The minimum absolute atomic E-state index is 0.108. The van der Waals surface area contributed by atoms with E-state index in [0.29, 0.717) is 5.75 Å². The molecule has 0 bridgehead atoms. The van der Waals surface area contributed by atoms with Gasteiger partial charge in [-0.2, -0.15) is 0 Å². The molecule has 0 amide bonds. The molecule has 3 aromatic rings. The minimum Gasteiger partial charge on any atom is -0.497 e. The number of ether oxygens (including phenoxy) is 3. The lowest BCUT2D eigenvalue weighted by Gasteiger charge is -2.38. The molecule has 1 atom stereocenters. The summed E-state index contributed by atoms with van der Waals surface area (Å²) < 4.78 is 16.1. The van der Waals surface area contributed by atoms with Gasteiger partial charge in [-0.3, -0.25) is 5.32 Å². The highest BCUT2D eigenvalue weighted by Gasteiger charge is 2.54. The van der Waals surface area contributed by atoms with Crippen molar-refractivity contribution in [3.05, 3.63) is 65.4 Å². The summed E-state index contributed by atoms with van der Waals surface area (Å²) in [6, 6.07) is 15.0. The van der Waals surface area contributed by atoms with Crippen LogP contribution in [0.1, 0.15) is 36.7 Å². The number of fused-ring (bicyclic) bond motifs is 3. The molecule has 0 radical (unpaired) electrons. The quantitative estimate of drug-likeness (QED) is 0.468. The van der Waals surface area contributed by atoms with Crippen LogP contribution in [0.3, 0.4) is 0 Å². The van der Waals surface area contributed by atoms with Crippen LogP contribution in [0.25, 0.3) is 10.9 Å². The number of hydrogen-bond donors (Lipinski definition) is 2. The Hall–Kier alpha value is -3.32. The summed E-state index contributed by atoms with van der Waals surface area (Å²) in [7, 11) is 1.61. The first-order valence-corrected chi connectivity index (χ1v) is 10.4. The van der Waals surface area contributed by atoms with Gasteiger partial charge in [0.1, 0.15) is 5.75 Å². The number of benzene rings is 2. The molecule has 7 nitrogen and oxygen atoms in total.